The molecule has 0 bridgehead atoms. The van der Waals surface area contributed by atoms with Gasteiger partial charge in [-0.15, -0.1) is 5.10 Å². The Bertz CT molecular complexity index is 2310. The molecular formula is C57H77N23O. The van der Waals surface area contributed by atoms with Gasteiger partial charge in [0.15, 0.2) is 0 Å². The van der Waals surface area contributed by atoms with Crippen LogP contribution in [0, 0.1) is 0 Å². The van der Waals surface area contributed by atoms with Gasteiger partial charge in [0.05, 0.1) is 48.0 Å². The van der Waals surface area contributed by atoms with Crippen LogP contribution >= 0.6 is 0 Å². The number of hydrogen-bond donors (Lipinski definition) is 11. The van der Waals surface area contributed by atoms with Gasteiger partial charge in [-0.05, 0) is 84.9 Å². The molecule has 0 aliphatic heterocycles. The van der Waals surface area contributed by atoms with Crippen LogP contribution in [-0.4, -0.2) is 141 Å². The number of aromatic nitrogens is 13. The van der Waals surface area contributed by atoms with E-state index in [9.17, 15) is 0 Å². The predicted molar refractivity (Wildman–Crippen MR) is 333 cm³/mol. The molecule has 81 heavy (non-hydrogen) atoms. The first-order valence-electron chi connectivity index (χ1n) is 24.9. The lowest BCUT2D eigenvalue weighted by Gasteiger charge is -1.97. The summed E-state index contributed by atoms with van der Waals surface area (Å²) in [6, 6.07) is 37.8. The zero-order chi connectivity index (χ0) is 59.1. The predicted octanol–water partition coefficient (Wildman–Crippen LogP) is 9.12. The Morgan fingerprint density at radius 3 is 1.19 bits per heavy atom. The van der Waals surface area contributed by atoms with Gasteiger partial charge in [0.2, 0.25) is 0 Å². The largest absolute Gasteiger partial charge is 0.508 e. The monoisotopic (exact) mass is 1100 g/mol. The second kappa shape index (κ2) is 48.7. The fourth-order valence-corrected chi connectivity index (χ4v) is 4.97. The Morgan fingerprint density at radius 2 is 0.802 bits per heavy atom. The molecule has 8 aromatic heterocycles. The maximum Gasteiger partial charge on any atom is 0.148 e. The summed E-state index contributed by atoms with van der Waals surface area (Å²) in [5.74, 6) is 3.65. The molecule has 24 nitrogen and oxygen atoms in total. The molecule has 2 aromatic carbocycles. The SMILES string of the molecule is CNc1cccc(O)c1.CNc1ccccc1.CNc1ccccn1.CNc1cccnc1.CNc1cccnn1.CNc1ccncc1.CNc1ccncn1.CNc1ccnnc1.CNc1cnccn1.CNc1cncnc1. The lowest BCUT2D eigenvalue weighted by atomic mass is 10.3. The first kappa shape index (κ1) is 68.1. The number of anilines is 10. The van der Waals surface area contributed by atoms with Crippen molar-refractivity contribution in [1.29, 1.82) is 0 Å². The number of nitrogens with zero attached hydrogens (tertiary/aromatic N) is 13. The Morgan fingerprint density at radius 1 is 0.272 bits per heavy atom. The van der Waals surface area contributed by atoms with E-state index < -0.39 is 0 Å². The third-order valence-electron chi connectivity index (χ3n) is 9.25. The van der Waals surface area contributed by atoms with Crippen LogP contribution in [0.2, 0.25) is 0 Å². The molecule has 0 fully saturated rings. The molecular weight excluding hydrogens is 1020 g/mol. The fraction of sp³-hybridized carbons (Fsp3) is 0.175. The van der Waals surface area contributed by atoms with Gasteiger partial charge >= 0.3 is 0 Å². The molecule has 0 unspecified atom stereocenters. The molecule has 426 valence electrons. The van der Waals surface area contributed by atoms with Gasteiger partial charge in [-0.3, -0.25) is 15.0 Å². The van der Waals surface area contributed by atoms with Gasteiger partial charge in [0.1, 0.15) is 41.7 Å². The lowest BCUT2D eigenvalue weighted by molar-refractivity contribution is 0.475. The van der Waals surface area contributed by atoms with E-state index >= 15 is 0 Å². The number of phenolic OH excluding ortho intramolecular Hbond substituents is 1. The molecule has 10 rings (SSSR count). The van der Waals surface area contributed by atoms with E-state index in [0.29, 0.717) is 5.75 Å². The summed E-state index contributed by atoms with van der Waals surface area (Å²) >= 11 is 0. The van der Waals surface area contributed by atoms with E-state index in [2.05, 4.69) is 118 Å². The molecule has 0 spiro atoms. The van der Waals surface area contributed by atoms with Gasteiger partial charge in [-0.1, -0.05) is 30.3 Å². The highest BCUT2D eigenvalue weighted by Crippen LogP contribution is 2.14. The summed E-state index contributed by atoms with van der Waals surface area (Å²) < 4.78 is 0. The molecule has 0 radical (unpaired) electrons. The zero-order valence-corrected chi connectivity index (χ0v) is 47.5. The fourth-order valence-electron chi connectivity index (χ4n) is 4.97. The van der Waals surface area contributed by atoms with E-state index in [1.54, 1.807) is 111 Å². The minimum absolute atomic E-state index is 0.293. The van der Waals surface area contributed by atoms with Crippen molar-refractivity contribution in [2.75, 3.05) is 124 Å². The number of nitrogens with one attached hydrogen (secondary N) is 10. The first-order valence-corrected chi connectivity index (χ1v) is 24.9. The third-order valence-corrected chi connectivity index (χ3v) is 9.25. The van der Waals surface area contributed by atoms with Crippen LogP contribution in [-0.2, 0) is 0 Å². The minimum atomic E-state index is 0.293. The summed E-state index contributed by atoms with van der Waals surface area (Å²) in [4.78, 5) is 34.7. The van der Waals surface area contributed by atoms with Crippen LogP contribution in [0.3, 0.4) is 0 Å². The molecule has 0 atom stereocenters. The van der Waals surface area contributed by atoms with Gasteiger partial charge in [0, 0.05) is 149 Å². The van der Waals surface area contributed by atoms with Crippen molar-refractivity contribution in [1.82, 2.24) is 65.3 Å². The number of rotatable bonds is 10. The Kier molecular flexibility index (Phi) is 41.0. The van der Waals surface area contributed by atoms with E-state index in [1.807, 2.05) is 168 Å². The van der Waals surface area contributed by atoms with Crippen molar-refractivity contribution in [3.63, 3.8) is 0 Å². The number of aromatic hydroxyl groups is 1. The zero-order valence-electron chi connectivity index (χ0n) is 47.5. The summed E-state index contributed by atoms with van der Waals surface area (Å²) in [5, 5.41) is 52.7. The molecule has 0 aliphatic carbocycles. The van der Waals surface area contributed by atoms with E-state index in [0.717, 1.165) is 57.4 Å². The number of phenols is 1. The van der Waals surface area contributed by atoms with Crippen molar-refractivity contribution >= 4 is 57.4 Å². The second-order valence-electron chi connectivity index (χ2n) is 14.7. The van der Waals surface area contributed by atoms with E-state index in [-0.39, 0.29) is 0 Å². The van der Waals surface area contributed by atoms with Crippen molar-refractivity contribution < 1.29 is 5.11 Å². The maximum absolute atomic E-state index is 8.90. The van der Waals surface area contributed by atoms with Crippen LogP contribution in [0.15, 0.2) is 221 Å². The highest BCUT2D eigenvalue weighted by Gasteiger charge is 1.88. The average Bonchev–Trinajstić information content (AvgIpc) is 3.57. The number of pyridine rings is 3. The van der Waals surface area contributed by atoms with Crippen molar-refractivity contribution in [2.24, 2.45) is 0 Å². The summed E-state index contributed by atoms with van der Waals surface area (Å²) in [6.07, 6.45) is 26.8. The summed E-state index contributed by atoms with van der Waals surface area (Å²) in [5.41, 5.74) is 6.16. The topological polar surface area (TPSA) is 308 Å². The van der Waals surface area contributed by atoms with Gasteiger partial charge in [0.25, 0.3) is 0 Å². The average molecular weight is 1100 g/mol. The molecule has 0 saturated carbocycles. The Labute approximate surface area is 476 Å². The highest BCUT2D eigenvalue weighted by atomic mass is 16.3. The third kappa shape index (κ3) is 37.5. The smallest absolute Gasteiger partial charge is 0.148 e. The van der Waals surface area contributed by atoms with Crippen molar-refractivity contribution in [3.8, 4) is 5.75 Å². The Hall–Kier alpha value is -10.9. The Balaban J connectivity index is 0.000000450. The van der Waals surface area contributed by atoms with Crippen molar-refractivity contribution in [2.45, 2.75) is 0 Å². The number of para-hydroxylation sites is 1. The second-order valence-corrected chi connectivity index (χ2v) is 14.7. The van der Waals surface area contributed by atoms with Crippen LogP contribution in [0.4, 0.5) is 57.4 Å². The quantitative estimate of drug-likeness (QED) is 0.0608. The molecule has 0 saturated heterocycles. The molecule has 8 heterocycles. The highest BCUT2D eigenvalue weighted by molar-refractivity contribution is 5.47. The normalized spacial score (nSPS) is 8.67. The molecule has 24 heteroatoms. The lowest BCUT2D eigenvalue weighted by Crippen LogP contribution is -1.91. The summed E-state index contributed by atoms with van der Waals surface area (Å²) in [6.45, 7) is 0. The number of hydrogen-bond acceptors (Lipinski definition) is 24. The first-order chi connectivity index (χ1) is 39.7. The van der Waals surface area contributed by atoms with E-state index in [1.165, 1.54) is 12.7 Å². The van der Waals surface area contributed by atoms with Crippen LogP contribution in [0.1, 0.15) is 0 Å². The van der Waals surface area contributed by atoms with Crippen LogP contribution < -0.4 is 53.2 Å². The summed E-state index contributed by atoms with van der Waals surface area (Å²) in [7, 11) is 18.4. The molecule has 0 amide bonds. The van der Waals surface area contributed by atoms with Gasteiger partial charge < -0.3 is 58.3 Å². The molecule has 0 aliphatic rings. The van der Waals surface area contributed by atoms with Crippen LogP contribution in [0.5, 0.6) is 5.75 Å². The number of benzene rings is 2. The maximum atomic E-state index is 8.90. The molecule has 11 N–H and O–H groups in total. The van der Waals surface area contributed by atoms with E-state index in [4.69, 9.17) is 5.11 Å². The minimum Gasteiger partial charge on any atom is -0.508 e. The molecule has 10 aromatic rings. The standard InChI is InChI=1S/C7H9NO.C7H9N.3C6H8N2.5C5H7N3/c1-8-6-3-2-4-7(9)5-6;1-8-7-5-3-2-4-6-7;1-7-6-2-4-8-5-3-6;1-7-6-3-2-4-8-5-6;1-7-6-4-2-3-5-8-6;1-6-5-2-7-4-8-3-5;1-6-5-4-7-2-3-8-5;1-6-5-2-3-7-4-8-5;1-6-5-2-3-7-8-4-5;1-6-5-3-2-4-7-8-5/h2-5,8-9H,1H3;2-6,8H,1H3;2-5H,1H3,(H,7,8);2-5,7H,1H3;2-5H,1H3,(H,7,8);2-4,6H,1H3;2-4H,1H3,(H,6,8);2-4H,1H3,(H,6,7,8);2-4H,1H3,(H,6,7);2-4H,1H3,(H,6,8). The van der Waals surface area contributed by atoms with Crippen LogP contribution in [0.25, 0.3) is 0 Å². The van der Waals surface area contributed by atoms with Gasteiger partial charge in [-0.25, -0.2) is 29.9 Å². The van der Waals surface area contributed by atoms with Gasteiger partial charge in [-0.2, -0.15) is 15.3 Å². The van der Waals surface area contributed by atoms with Crippen molar-refractivity contribution in [3.05, 3.63) is 221 Å².